The van der Waals surface area contributed by atoms with Crippen LogP contribution in [0.15, 0.2) is 0 Å². The van der Waals surface area contributed by atoms with E-state index in [9.17, 15) is 14.4 Å². The third-order valence-electron chi connectivity index (χ3n) is 1.83. The minimum Gasteiger partial charge on any atom is -0.481 e. The smallest absolute Gasteiger partial charge is 0.305 e. The maximum absolute atomic E-state index is 11.3. The van der Waals surface area contributed by atoms with Crippen LogP contribution in [-0.2, 0) is 14.4 Å². The molecule has 17 heavy (non-hydrogen) atoms. The summed E-state index contributed by atoms with van der Waals surface area (Å²) in [4.78, 5) is 32.7. The highest BCUT2D eigenvalue weighted by molar-refractivity contribution is 5.86. The molecule has 0 radical (unpaired) electrons. The van der Waals surface area contributed by atoms with Crippen molar-refractivity contribution in [2.24, 2.45) is 5.73 Å². The summed E-state index contributed by atoms with van der Waals surface area (Å²) in [7, 11) is 0. The van der Waals surface area contributed by atoms with Crippen molar-refractivity contribution < 1.29 is 19.5 Å². The lowest BCUT2D eigenvalue weighted by Crippen LogP contribution is -2.43. The average Bonchev–Trinajstić information content (AvgIpc) is 2.14. The van der Waals surface area contributed by atoms with Gasteiger partial charge in [0.2, 0.25) is 11.8 Å². The van der Waals surface area contributed by atoms with Crippen LogP contribution in [0.4, 0.5) is 0 Å². The van der Waals surface area contributed by atoms with Crippen molar-refractivity contribution in [3.8, 4) is 0 Å². The zero-order valence-electron chi connectivity index (χ0n) is 10.0. The van der Waals surface area contributed by atoms with E-state index in [2.05, 4.69) is 10.6 Å². The number of carbonyl (C=O) groups excluding carboxylic acids is 2. The summed E-state index contributed by atoms with van der Waals surface area (Å²) in [5, 5.41) is 13.5. The number of carbonyl (C=O) groups is 3. The molecule has 1 atom stereocenters. The highest BCUT2D eigenvalue weighted by atomic mass is 16.4. The summed E-state index contributed by atoms with van der Waals surface area (Å²) in [5.41, 5.74) is 5.32. The van der Waals surface area contributed by atoms with Crippen molar-refractivity contribution in [1.82, 2.24) is 10.6 Å². The van der Waals surface area contributed by atoms with E-state index in [1.165, 1.54) is 0 Å². The zero-order valence-corrected chi connectivity index (χ0v) is 10.0. The lowest BCUT2D eigenvalue weighted by Gasteiger charge is -2.11. The van der Waals surface area contributed by atoms with Gasteiger partial charge < -0.3 is 21.5 Å². The van der Waals surface area contributed by atoms with Crippen LogP contribution < -0.4 is 16.4 Å². The second-order valence-electron chi connectivity index (χ2n) is 3.97. The molecule has 1 unspecified atom stereocenters. The molecule has 0 saturated carbocycles. The first kappa shape index (κ1) is 15.4. The van der Waals surface area contributed by atoms with Gasteiger partial charge in [-0.25, -0.2) is 0 Å². The van der Waals surface area contributed by atoms with E-state index in [4.69, 9.17) is 10.8 Å². The molecular weight excluding hydrogens is 226 g/mol. The summed E-state index contributed by atoms with van der Waals surface area (Å²) >= 11 is 0. The second-order valence-corrected chi connectivity index (χ2v) is 3.97. The van der Waals surface area contributed by atoms with Gasteiger partial charge in [-0.2, -0.15) is 0 Å². The molecule has 0 aromatic heterocycles. The average molecular weight is 245 g/mol. The van der Waals surface area contributed by atoms with Crippen molar-refractivity contribution in [3.63, 3.8) is 0 Å². The Hall–Kier alpha value is -1.63. The Kier molecular flexibility index (Phi) is 6.88. The van der Waals surface area contributed by atoms with Gasteiger partial charge in [0.05, 0.1) is 12.5 Å². The fourth-order valence-electron chi connectivity index (χ4n) is 1.11. The lowest BCUT2D eigenvalue weighted by molar-refractivity contribution is -0.139. The predicted octanol–water partition coefficient (Wildman–Crippen LogP) is -1.18. The topological polar surface area (TPSA) is 122 Å². The van der Waals surface area contributed by atoms with Gasteiger partial charge in [-0.3, -0.25) is 14.4 Å². The van der Waals surface area contributed by atoms with Gasteiger partial charge in [-0.15, -0.1) is 0 Å². The molecule has 0 aromatic carbocycles. The molecule has 0 bridgehead atoms. The standard InChI is InChI=1S/C10H19N3O4/c1-6(2)13-8(14)3-4-12-10(17)7(11)5-9(15)16/h6-7H,3-5,11H2,1-2H3,(H,12,17)(H,13,14)(H,15,16). The number of aliphatic carboxylic acids is 1. The molecule has 0 rings (SSSR count). The number of carboxylic acid groups (broad SMARTS) is 1. The van der Waals surface area contributed by atoms with Crippen LogP contribution in [0.25, 0.3) is 0 Å². The van der Waals surface area contributed by atoms with E-state index in [-0.39, 0.29) is 24.9 Å². The number of rotatable bonds is 7. The third-order valence-corrected chi connectivity index (χ3v) is 1.83. The largest absolute Gasteiger partial charge is 0.481 e. The number of amides is 2. The van der Waals surface area contributed by atoms with Crippen LogP contribution in [-0.4, -0.2) is 41.5 Å². The monoisotopic (exact) mass is 245 g/mol. The number of hydrogen-bond acceptors (Lipinski definition) is 4. The molecule has 0 fully saturated rings. The Morgan fingerprint density at radius 2 is 1.88 bits per heavy atom. The maximum Gasteiger partial charge on any atom is 0.305 e. The van der Waals surface area contributed by atoms with Crippen molar-refractivity contribution in [1.29, 1.82) is 0 Å². The molecule has 0 aliphatic rings. The summed E-state index contributed by atoms with van der Waals surface area (Å²) in [6, 6.07) is -1.03. The quantitative estimate of drug-likeness (QED) is 0.450. The van der Waals surface area contributed by atoms with Gasteiger partial charge in [-0.1, -0.05) is 0 Å². The SMILES string of the molecule is CC(C)NC(=O)CCNC(=O)C(N)CC(=O)O. The van der Waals surface area contributed by atoms with E-state index < -0.39 is 24.3 Å². The number of hydrogen-bond donors (Lipinski definition) is 4. The Labute approximate surface area is 99.7 Å². The van der Waals surface area contributed by atoms with Crippen molar-refractivity contribution in [2.45, 2.75) is 38.8 Å². The van der Waals surface area contributed by atoms with Crippen LogP contribution in [0.5, 0.6) is 0 Å². The Morgan fingerprint density at radius 3 is 2.35 bits per heavy atom. The Bertz CT molecular complexity index is 291. The number of carboxylic acids is 1. The van der Waals surface area contributed by atoms with Crippen LogP contribution in [0, 0.1) is 0 Å². The van der Waals surface area contributed by atoms with Crippen LogP contribution in [0.1, 0.15) is 26.7 Å². The fraction of sp³-hybridized carbons (Fsp3) is 0.700. The summed E-state index contributed by atoms with van der Waals surface area (Å²) < 4.78 is 0. The van der Waals surface area contributed by atoms with E-state index in [0.717, 1.165) is 0 Å². The van der Waals surface area contributed by atoms with Gasteiger partial charge in [0.25, 0.3) is 0 Å². The Balaban J connectivity index is 3.77. The van der Waals surface area contributed by atoms with Gasteiger partial charge >= 0.3 is 5.97 Å². The lowest BCUT2D eigenvalue weighted by atomic mass is 10.2. The molecule has 7 heteroatoms. The molecule has 0 saturated heterocycles. The molecule has 98 valence electrons. The fourth-order valence-corrected chi connectivity index (χ4v) is 1.11. The summed E-state index contributed by atoms with van der Waals surface area (Å²) in [6.07, 6.45) is -0.284. The summed E-state index contributed by atoms with van der Waals surface area (Å²) in [5.74, 6) is -1.87. The van der Waals surface area contributed by atoms with Gasteiger partial charge in [0, 0.05) is 19.0 Å². The van der Waals surface area contributed by atoms with Gasteiger partial charge in [0.1, 0.15) is 0 Å². The first-order valence-electron chi connectivity index (χ1n) is 5.37. The second kappa shape index (κ2) is 7.61. The Morgan fingerprint density at radius 1 is 1.29 bits per heavy atom. The number of nitrogens with one attached hydrogen (secondary N) is 2. The van der Waals surface area contributed by atoms with Crippen LogP contribution >= 0.6 is 0 Å². The predicted molar refractivity (Wildman–Crippen MR) is 61.1 cm³/mol. The first-order valence-corrected chi connectivity index (χ1v) is 5.37. The van der Waals surface area contributed by atoms with E-state index in [1.54, 1.807) is 0 Å². The minimum absolute atomic E-state index is 0.0486. The van der Waals surface area contributed by atoms with Crippen molar-refractivity contribution in [3.05, 3.63) is 0 Å². The molecular formula is C10H19N3O4. The molecule has 7 nitrogen and oxygen atoms in total. The van der Waals surface area contributed by atoms with E-state index >= 15 is 0 Å². The molecule has 2 amide bonds. The summed E-state index contributed by atoms with van der Waals surface area (Å²) in [6.45, 7) is 3.81. The highest BCUT2D eigenvalue weighted by Gasteiger charge is 2.16. The molecule has 0 aliphatic carbocycles. The zero-order chi connectivity index (χ0) is 13.4. The van der Waals surface area contributed by atoms with Crippen LogP contribution in [0.2, 0.25) is 0 Å². The molecule has 0 spiro atoms. The normalized spacial score (nSPS) is 12.0. The number of nitrogens with two attached hydrogens (primary N) is 1. The van der Waals surface area contributed by atoms with Crippen molar-refractivity contribution >= 4 is 17.8 Å². The van der Waals surface area contributed by atoms with E-state index in [0.29, 0.717) is 0 Å². The third kappa shape index (κ3) is 8.21. The first-order chi connectivity index (χ1) is 7.82. The highest BCUT2D eigenvalue weighted by Crippen LogP contribution is 1.89. The van der Waals surface area contributed by atoms with Gasteiger partial charge in [0.15, 0.2) is 0 Å². The molecule has 0 aliphatic heterocycles. The van der Waals surface area contributed by atoms with E-state index in [1.807, 2.05) is 13.8 Å². The van der Waals surface area contributed by atoms with Gasteiger partial charge in [-0.05, 0) is 13.8 Å². The molecule has 0 heterocycles. The molecule has 5 N–H and O–H groups in total. The van der Waals surface area contributed by atoms with Crippen LogP contribution in [0.3, 0.4) is 0 Å². The molecule has 0 aromatic rings. The minimum atomic E-state index is -1.13. The maximum atomic E-state index is 11.3. The van der Waals surface area contributed by atoms with Crippen molar-refractivity contribution in [2.75, 3.05) is 6.54 Å².